The third kappa shape index (κ3) is 3.61. The molecule has 1 aromatic carbocycles. The molecule has 0 bridgehead atoms. The van der Waals surface area contributed by atoms with E-state index in [2.05, 4.69) is 39.6 Å². The maximum Gasteiger partial charge on any atom is 0.327 e. The molecule has 2 rings (SSSR count). The highest BCUT2D eigenvalue weighted by Crippen LogP contribution is 2.30. The molecular formula is C16H20INO2. The molecular weight excluding hydrogens is 365 g/mol. The van der Waals surface area contributed by atoms with Gasteiger partial charge in [-0.25, -0.2) is 4.79 Å². The smallest absolute Gasteiger partial charge is 0.327 e. The van der Waals surface area contributed by atoms with E-state index < -0.39 is 0 Å². The van der Waals surface area contributed by atoms with Crippen molar-refractivity contribution in [3.63, 3.8) is 0 Å². The molecule has 0 aromatic heterocycles. The predicted molar refractivity (Wildman–Crippen MR) is 88.6 cm³/mol. The number of hydrogen-bond donors (Lipinski definition) is 0. The van der Waals surface area contributed by atoms with Crippen molar-refractivity contribution in [3.8, 4) is 0 Å². The topological polar surface area (TPSA) is 29.5 Å². The molecule has 1 aliphatic heterocycles. The Morgan fingerprint density at radius 1 is 1.40 bits per heavy atom. The summed E-state index contributed by atoms with van der Waals surface area (Å²) in [5.74, 6) is -0.130. The number of nitrogens with zero attached hydrogens (tertiary/aromatic N) is 1. The van der Waals surface area contributed by atoms with Crippen molar-refractivity contribution in [2.75, 3.05) is 13.2 Å². The Bertz CT molecular complexity index is 498. The lowest BCUT2D eigenvalue weighted by Crippen LogP contribution is -2.45. The zero-order chi connectivity index (χ0) is 14.5. The van der Waals surface area contributed by atoms with E-state index in [0.29, 0.717) is 6.61 Å². The molecule has 0 N–H and O–H groups in total. The number of esters is 1. The van der Waals surface area contributed by atoms with Gasteiger partial charge >= 0.3 is 5.97 Å². The minimum absolute atomic E-state index is 0.130. The van der Waals surface area contributed by atoms with Gasteiger partial charge in [0, 0.05) is 13.1 Å². The summed E-state index contributed by atoms with van der Waals surface area (Å²) in [5.41, 5.74) is 2.36. The lowest BCUT2D eigenvalue weighted by molar-refractivity contribution is -0.148. The zero-order valence-corrected chi connectivity index (χ0v) is 14.1. The molecule has 1 atom stereocenters. The van der Waals surface area contributed by atoms with Crippen LogP contribution >= 0.6 is 22.6 Å². The Hall–Kier alpha value is -0.880. The fourth-order valence-corrected chi connectivity index (χ4v) is 3.06. The zero-order valence-electron chi connectivity index (χ0n) is 11.9. The van der Waals surface area contributed by atoms with Crippen molar-refractivity contribution >= 4 is 28.6 Å². The molecule has 1 aromatic rings. The van der Waals surface area contributed by atoms with Crippen LogP contribution in [0.5, 0.6) is 0 Å². The number of carbonyl (C=O) groups excluding carboxylic acids is 1. The van der Waals surface area contributed by atoms with Crippen LogP contribution in [0.3, 0.4) is 0 Å². The van der Waals surface area contributed by atoms with Gasteiger partial charge < -0.3 is 4.74 Å². The van der Waals surface area contributed by atoms with Gasteiger partial charge in [-0.3, -0.25) is 4.90 Å². The third-order valence-electron chi connectivity index (χ3n) is 3.56. The Labute approximate surface area is 134 Å². The van der Waals surface area contributed by atoms with Crippen molar-refractivity contribution in [2.45, 2.75) is 32.9 Å². The predicted octanol–water partition coefficient (Wildman–Crippen LogP) is 3.53. The van der Waals surface area contributed by atoms with E-state index in [1.807, 2.05) is 32.0 Å². The van der Waals surface area contributed by atoms with Crippen molar-refractivity contribution in [1.29, 1.82) is 0 Å². The largest absolute Gasteiger partial charge is 0.465 e. The third-order valence-corrected chi connectivity index (χ3v) is 4.95. The summed E-state index contributed by atoms with van der Waals surface area (Å²) in [6, 6.07) is 10.0. The van der Waals surface area contributed by atoms with Gasteiger partial charge in [-0.15, -0.1) is 0 Å². The number of hydrogen-bond acceptors (Lipinski definition) is 3. The molecule has 0 radical (unpaired) electrons. The van der Waals surface area contributed by atoms with Gasteiger partial charge in [0.2, 0.25) is 0 Å². The average molecular weight is 385 g/mol. The van der Waals surface area contributed by atoms with Crippen LogP contribution in [0.15, 0.2) is 39.5 Å². The maximum atomic E-state index is 12.3. The van der Waals surface area contributed by atoms with Crippen molar-refractivity contribution < 1.29 is 9.53 Å². The van der Waals surface area contributed by atoms with Gasteiger partial charge in [0.25, 0.3) is 0 Å². The van der Waals surface area contributed by atoms with Crippen LogP contribution in [0.25, 0.3) is 0 Å². The van der Waals surface area contributed by atoms with E-state index in [-0.39, 0.29) is 12.0 Å². The first-order valence-electron chi connectivity index (χ1n) is 6.93. The molecule has 4 heteroatoms. The minimum atomic E-state index is -0.240. The van der Waals surface area contributed by atoms with Crippen LogP contribution in [-0.2, 0) is 16.1 Å². The quantitative estimate of drug-likeness (QED) is 0.587. The van der Waals surface area contributed by atoms with Crippen LogP contribution in [0.1, 0.15) is 25.8 Å². The second kappa shape index (κ2) is 7.22. The molecule has 0 saturated heterocycles. The molecule has 1 heterocycles. The highest BCUT2D eigenvalue weighted by molar-refractivity contribution is 14.1. The summed E-state index contributed by atoms with van der Waals surface area (Å²) >= 11 is 2.35. The van der Waals surface area contributed by atoms with E-state index in [4.69, 9.17) is 4.74 Å². The van der Waals surface area contributed by atoms with Gasteiger partial charge in [0.1, 0.15) is 6.04 Å². The molecule has 0 spiro atoms. The van der Waals surface area contributed by atoms with Crippen molar-refractivity contribution in [1.82, 2.24) is 4.90 Å². The molecule has 108 valence electrons. The number of carbonyl (C=O) groups is 1. The molecule has 0 saturated carbocycles. The number of halogens is 1. The van der Waals surface area contributed by atoms with Gasteiger partial charge in [0.05, 0.1) is 6.61 Å². The number of benzene rings is 1. The average Bonchev–Trinajstić information content (AvgIpc) is 2.44. The molecule has 3 nitrogen and oxygen atoms in total. The normalized spacial score (nSPS) is 20.1. The molecule has 0 aliphatic carbocycles. The lowest BCUT2D eigenvalue weighted by Gasteiger charge is -2.35. The first kappa shape index (κ1) is 15.5. The molecule has 0 fully saturated rings. The first-order valence-corrected chi connectivity index (χ1v) is 8.01. The van der Waals surface area contributed by atoms with Crippen LogP contribution in [0, 0.1) is 0 Å². The second-order valence-corrected chi connectivity index (χ2v) is 6.25. The standard InChI is InChI=1S/C16H20INO2/c1-3-20-16(19)15-12(2)14(17)9-10-18(15)11-13-7-5-4-6-8-13/h4-8,15H,3,9-11H2,1-2H3. The summed E-state index contributed by atoms with van der Waals surface area (Å²) < 4.78 is 6.53. The van der Waals surface area contributed by atoms with E-state index in [9.17, 15) is 4.79 Å². The number of ether oxygens (including phenoxy) is 1. The van der Waals surface area contributed by atoms with Crippen LogP contribution in [0.4, 0.5) is 0 Å². The molecule has 1 unspecified atom stereocenters. The summed E-state index contributed by atoms with van der Waals surface area (Å²) in [6.07, 6.45) is 1.01. The maximum absolute atomic E-state index is 12.3. The SMILES string of the molecule is CCOC(=O)C1C(C)=C(I)CCN1Cc1ccccc1. The Kier molecular flexibility index (Phi) is 5.60. The van der Waals surface area contributed by atoms with Gasteiger partial charge in [-0.05, 0) is 57.6 Å². The summed E-state index contributed by atoms with van der Waals surface area (Å²) in [6.45, 7) is 6.00. The van der Waals surface area contributed by atoms with Crippen LogP contribution in [-0.4, -0.2) is 30.1 Å². The van der Waals surface area contributed by atoms with Crippen molar-refractivity contribution in [3.05, 3.63) is 45.0 Å². The monoisotopic (exact) mass is 385 g/mol. The number of rotatable bonds is 4. The lowest BCUT2D eigenvalue weighted by atomic mass is 10.0. The fourth-order valence-electron chi connectivity index (χ4n) is 2.53. The Balaban J connectivity index is 2.20. The second-order valence-electron chi connectivity index (χ2n) is 4.95. The van der Waals surface area contributed by atoms with E-state index >= 15 is 0 Å². The molecule has 0 amide bonds. The summed E-state index contributed by atoms with van der Waals surface area (Å²) in [5, 5.41) is 0. The minimum Gasteiger partial charge on any atom is -0.465 e. The highest BCUT2D eigenvalue weighted by Gasteiger charge is 2.33. The Morgan fingerprint density at radius 2 is 2.10 bits per heavy atom. The first-order chi connectivity index (χ1) is 9.63. The highest BCUT2D eigenvalue weighted by atomic mass is 127. The molecule has 20 heavy (non-hydrogen) atoms. The summed E-state index contributed by atoms with van der Waals surface area (Å²) in [7, 11) is 0. The van der Waals surface area contributed by atoms with Crippen molar-refractivity contribution in [2.24, 2.45) is 0 Å². The van der Waals surface area contributed by atoms with Crippen LogP contribution in [0.2, 0.25) is 0 Å². The van der Waals surface area contributed by atoms with E-state index in [0.717, 1.165) is 25.1 Å². The van der Waals surface area contributed by atoms with Crippen LogP contribution < -0.4 is 0 Å². The molecule has 1 aliphatic rings. The van der Waals surface area contributed by atoms with E-state index in [1.165, 1.54) is 9.14 Å². The van der Waals surface area contributed by atoms with Gasteiger partial charge in [-0.2, -0.15) is 0 Å². The van der Waals surface area contributed by atoms with Gasteiger partial charge in [0.15, 0.2) is 0 Å². The fraction of sp³-hybridized carbons (Fsp3) is 0.438. The summed E-state index contributed by atoms with van der Waals surface area (Å²) in [4.78, 5) is 14.5. The van der Waals surface area contributed by atoms with Gasteiger partial charge in [-0.1, -0.05) is 30.3 Å². The van der Waals surface area contributed by atoms with E-state index in [1.54, 1.807) is 0 Å². The Morgan fingerprint density at radius 3 is 2.75 bits per heavy atom.